The second-order valence-electron chi connectivity index (χ2n) is 2.46. The van der Waals surface area contributed by atoms with Crippen molar-refractivity contribution in [3.8, 4) is 5.75 Å². The maximum Gasteiger partial charge on any atom is 0.120 e. The van der Waals surface area contributed by atoms with Gasteiger partial charge in [0, 0.05) is 10.6 Å². The number of nitrogens with two attached hydrogens (primary N) is 1. The Morgan fingerprint density at radius 1 is 1.58 bits per heavy atom. The molecule has 1 rings (SSSR count). The number of hydrogen-bond acceptors (Lipinski definition) is 2. The Morgan fingerprint density at radius 3 is 2.83 bits per heavy atom. The Balaban J connectivity index is 3.04. The molecule has 0 fully saturated rings. The van der Waals surface area contributed by atoms with E-state index < -0.39 is 12.7 Å². The van der Waals surface area contributed by atoms with Crippen LogP contribution in [-0.2, 0) is 0 Å². The Kier molecular flexibility index (Phi) is 2.89. The molecular weight excluding hydrogens is 181 g/mol. The molecular formula is C8H9ClFNO. The SMILES string of the molecule is N[C@@H](CF)c1cc(Cl)ccc1O. The van der Waals surface area contributed by atoms with Crippen LogP contribution in [0.15, 0.2) is 18.2 Å². The highest BCUT2D eigenvalue weighted by molar-refractivity contribution is 6.30. The number of phenols is 1. The summed E-state index contributed by atoms with van der Waals surface area (Å²) < 4.78 is 12.1. The molecule has 3 N–H and O–H groups in total. The number of phenolic OH excluding ortho intramolecular Hbond substituents is 1. The van der Waals surface area contributed by atoms with Crippen molar-refractivity contribution in [2.45, 2.75) is 6.04 Å². The average Bonchev–Trinajstić information content (AvgIpc) is 2.08. The summed E-state index contributed by atoms with van der Waals surface area (Å²) in [4.78, 5) is 0. The number of benzene rings is 1. The molecule has 0 aliphatic carbocycles. The normalized spacial score (nSPS) is 12.9. The molecule has 0 radical (unpaired) electrons. The summed E-state index contributed by atoms with van der Waals surface area (Å²) in [7, 11) is 0. The zero-order valence-corrected chi connectivity index (χ0v) is 7.05. The fourth-order valence-electron chi connectivity index (χ4n) is 0.905. The molecule has 4 heteroatoms. The largest absolute Gasteiger partial charge is 0.508 e. The molecule has 0 saturated carbocycles. The number of rotatable bonds is 2. The fourth-order valence-corrected chi connectivity index (χ4v) is 1.09. The lowest BCUT2D eigenvalue weighted by Crippen LogP contribution is -2.12. The van der Waals surface area contributed by atoms with E-state index in [2.05, 4.69) is 0 Å². The molecule has 0 spiro atoms. The number of alkyl halides is 1. The highest BCUT2D eigenvalue weighted by Crippen LogP contribution is 2.26. The van der Waals surface area contributed by atoms with Gasteiger partial charge in [0.15, 0.2) is 0 Å². The maximum absolute atomic E-state index is 12.1. The third-order valence-corrected chi connectivity index (χ3v) is 1.79. The lowest BCUT2D eigenvalue weighted by Gasteiger charge is -2.09. The first kappa shape index (κ1) is 9.29. The minimum atomic E-state index is -0.802. The van der Waals surface area contributed by atoms with E-state index in [1.54, 1.807) is 0 Å². The molecule has 0 amide bonds. The zero-order chi connectivity index (χ0) is 9.14. The summed E-state index contributed by atoms with van der Waals surface area (Å²) in [6.45, 7) is -0.714. The van der Waals surface area contributed by atoms with Crippen LogP contribution in [0, 0.1) is 0 Å². The van der Waals surface area contributed by atoms with E-state index in [9.17, 15) is 9.50 Å². The standard InChI is InChI=1S/C8H9ClFNO/c9-5-1-2-8(12)6(3-5)7(11)4-10/h1-3,7,12H,4,11H2/t7-/m0/s1. The molecule has 66 valence electrons. The minimum Gasteiger partial charge on any atom is -0.508 e. The van der Waals surface area contributed by atoms with E-state index in [0.29, 0.717) is 10.6 Å². The van der Waals surface area contributed by atoms with Gasteiger partial charge in [0.05, 0.1) is 6.04 Å². The second-order valence-corrected chi connectivity index (χ2v) is 2.90. The van der Waals surface area contributed by atoms with Crippen molar-refractivity contribution in [3.05, 3.63) is 28.8 Å². The summed E-state index contributed by atoms with van der Waals surface area (Å²) in [5, 5.41) is 9.67. The number of hydrogen-bond donors (Lipinski definition) is 2. The Morgan fingerprint density at radius 2 is 2.25 bits per heavy atom. The summed E-state index contributed by atoms with van der Waals surface area (Å²) in [5.74, 6) is -0.0236. The van der Waals surface area contributed by atoms with Crippen molar-refractivity contribution in [1.82, 2.24) is 0 Å². The first-order valence-electron chi connectivity index (χ1n) is 3.45. The quantitative estimate of drug-likeness (QED) is 0.748. The van der Waals surface area contributed by atoms with Gasteiger partial charge in [-0.15, -0.1) is 0 Å². The monoisotopic (exact) mass is 189 g/mol. The summed E-state index contributed by atoms with van der Waals surface area (Å²) in [6.07, 6.45) is 0. The van der Waals surface area contributed by atoms with Crippen LogP contribution in [0.3, 0.4) is 0 Å². The van der Waals surface area contributed by atoms with Gasteiger partial charge in [-0.25, -0.2) is 4.39 Å². The molecule has 1 aromatic carbocycles. The third kappa shape index (κ3) is 1.87. The summed E-state index contributed by atoms with van der Waals surface area (Å²) >= 11 is 5.63. The number of aromatic hydroxyl groups is 1. The van der Waals surface area contributed by atoms with Gasteiger partial charge in [-0.2, -0.15) is 0 Å². The molecule has 0 aromatic heterocycles. The van der Waals surface area contributed by atoms with E-state index in [1.165, 1.54) is 18.2 Å². The predicted octanol–water partition coefficient (Wildman–Crippen LogP) is 2.01. The zero-order valence-electron chi connectivity index (χ0n) is 6.30. The Labute approximate surface area is 74.8 Å². The van der Waals surface area contributed by atoms with Crippen molar-refractivity contribution in [2.75, 3.05) is 6.67 Å². The van der Waals surface area contributed by atoms with Crippen molar-refractivity contribution in [1.29, 1.82) is 0 Å². The lowest BCUT2D eigenvalue weighted by atomic mass is 10.1. The topological polar surface area (TPSA) is 46.2 Å². The van der Waals surface area contributed by atoms with E-state index in [0.717, 1.165) is 0 Å². The molecule has 0 bridgehead atoms. The van der Waals surface area contributed by atoms with Gasteiger partial charge in [-0.3, -0.25) is 0 Å². The molecule has 12 heavy (non-hydrogen) atoms. The van der Waals surface area contributed by atoms with E-state index in [1.807, 2.05) is 0 Å². The van der Waals surface area contributed by atoms with Crippen LogP contribution in [0.2, 0.25) is 5.02 Å². The van der Waals surface area contributed by atoms with Crippen molar-refractivity contribution >= 4 is 11.6 Å². The third-order valence-electron chi connectivity index (χ3n) is 1.56. The molecule has 1 aromatic rings. The fraction of sp³-hybridized carbons (Fsp3) is 0.250. The maximum atomic E-state index is 12.1. The molecule has 0 unspecified atom stereocenters. The Bertz CT molecular complexity index is 280. The molecule has 2 nitrogen and oxygen atoms in total. The van der Waals surface area contributed by atoms with Gasteiger partial charge >= 0.3 is 0 Å². The van der Waals surface area contributed by atoms with Crippen LogP contribution in [0.4, 0.5) is 4.39 Å². The van der Waals surface area contributed by atoms with Gasteiger partial charge < -0.3 is 10.8 Å². The molecule has 0 saturated heterocycles. The van der Waals surface area contributed by atoms with Gasteiger partial charge in [0.25, 0.3) is 0 Å². The van der Waals surface area contributed by atoms with Crippen LogP contribution in [0.1, 0.15) is 11.6 Å². The lowest BCUT2D eigenvalue weighted by molar-refractivity contribution is 0.414. The van der Waals surface area contributed by atoms with Crippen molar-refractivity contribution < 1.29 is 9.50 Å². The van der Waals surface area contributed by atoms with Crippen LogP contribution in [0.5, 0.6) is 5.75 Å². The highest BCUT2D eigenvalue weighted by Gasteiger charge is 2.10. The van der Waals surface area contributed by atoms with Crippen molar-refractivity contribution in [2.24, 2.45) is 5.73 Å². The van der Waals surface area contributed by atoms with Gasteiger partial charge in [0.2, 0.25) is 0 Å². The van der Waals surface area contributed by atoms with Gasteiger partial charge in [-0.05, 0) is 18.2 Å². The summed E-state index contributed by atoms with van der Waals surface area (Å²) in [6, 6.07) is 3.57. The molecule has 0 aliphatic heterocycles. The first-order chi connectivity index (χ1) is 5.65. The van der Waals surface area contributed by atoms with Gasteiger partial charge in [0.1, 0.15) is 12.4 Å². The second kappa shape index (κ2) is 3.74. The van der Waals surface area contributed by atoms with Crippen LogP contribution in [-0.4, -0.2) is 11.8 Å². The number of halogens is 2. The Hall–Kier alpha value is -0.800. The summed E-state index contributed by atoms with van der Waals surface area (Å²) in [5.41, 5.74) is 5.71. The van der Waals surface area contributed by atoms with Crippen LogP contribution >= 0.6 is 11.6 Å². The van der Waals surface area contributed by atoms with Crippen molar-refractivity contribution in [3.63, 3.8) is 0 Å². The molecule has 0 heterocycles. The molecule has 1 atom stereocenters. The van der Waals surface area contributed by atoms with E-state index in [4.69, 9.17) is 17.3 Å². The predicted molar refractivity (Wildman–Crippen MR) is 46.0 cm³/mol. The minimum absolute atomic E-state index is 0.0236. The highest BCUT2D eigenvalue weighted by atomic mass is 35.5. The van der Waals surface area contributed by atoms with Gasteiger partial charge in [-0.1, -0.05) is 11.6 Å². The van der Waals surface area contributed by atoms with E-state index in [-0.39, 0.29) is 5.75 Å². The average molecular weight is 190 g/mol. The smallest absolute Gasteiger partial charge is 0.120 e. The first-order valence-corrected chi connectivity index (χ1v) is 3.83. The van der Waals surface area contributed by atoms with E-state index >= 15 is 0 Å². The van der Waals surface area contributed by atoms with Crippen LogP contribution in [0.25, 0.3) is 0 Å². The van der Waals surface area contributed by atoms with Crippen LogP contribution < -0.4 is 5.73 Å². The molecule has 0 aliphatic rings.